The summed E-state index contributed by atoms with van der Waals surface area (Å²) < 4.78 is 0. The van der Waals surface area contributed by atoms with Crippen molar-refractivity contribution in [1.82, 2.24) is 0 Å². The van der Waals surface area contributed by atoms with Crippen molar-refractivity contribution >= 4 is 0 Å². The molecule has 0 saturated carbocycles. The first-order valence-electron chi connectivity index (χ1n) is 5.46. The summed E-state index contributed by atoms with van der Waals surface area (Å²) in [5.41, 5.74) is 3.07. The van der Waals surface area contributed by atoms with Gasteiger partial charge in [-0.05, 0) is 25.0 Å². The summed E-state index contributed by atoms with van der Waals surface area (Å²) >= 11 is 0. The standard InChI is InChI=1S/C12H22O2/c1-3-5-6-7-9-11(8-4-2)12(14)10-13/h6,9,11-14H,3-5,8,10H2,1-2H3/t7?,11-,12-/m0/s1. The van der Waals surface area contributed by atoms with Crippen molar-refractivity contribution in [3.8, 4) is 0 Å². The molecule has 0 rings (SSSR count). The molecule has 0 heterocycles. The lowest BCUT2D eigenvalue weighted by molar-refractivity contribution is 0.0600. The summed E-state index contributed by atoms with van der Waals surface area (Å²) in [4.78, 5) is 0. The van der Waals surface area contributed by atoms with Gasteiger partial charge in [0.25, 0.3) is 0 Å². The van der Waals surface area contributed by atoms with Gasteiger partial charge < -0.3 is 10.2 Å². The largest absolute Gasteiger partial charge is 0.394 e. The summed E-state index contributed by atoms with van der Waals surface area (Å²) in [6.45, 7) is 4.02. The van der Waals surface area contributed by atoms with Crippen molar-refractivity contribution in [2.75, 3.05) is 6.61 Å². The molecule has 0 amide bonds. The molecule has 2 N–H and O–H groups in total. The third-order valence-electron chi connectivity index (χ3n) is 2.16. The fourth-order valence-corrected chi connectivity index (χ4v) is 1.27. The van der Waals surface area contributed by atoms with Gasteiger partial charge in [0.15, 0.2) is 0 Å². The first kappa shape index (κ1) is 13.4. The summed E-state index contributed by atoms with van der Waals surface area (Å²) in [7, 11) is 0. The van der Waals surface area contributed by atoms with E-state index in [2.05, 4.69) is 19.6 Å². The van der Waals surface area contributed by atoms with Gasteiger partial charge in [0.2, 0.25) is 0 Å². The van der Waals surface area contributed by atoms with Crippen molar-refractivity contribution < 1.29 is 10.2 Å². The van der Waals surface area contributed by atoms with Crippen LogP contribution in [0.4, 0.5) is 0 Å². The van der Waals surface area contributed by atoms with Crippen LogP contribution in [0.25, 0.3) is 0 Å². The molecule has 2 heteroatoms. The Labute approximate surface area is 87.0 Å². The third-order valence-corrected chi connectivity index (χ3v) is 2.16. The first-order chi connectivity index (χ1) is 6.76. The first-order valence-corrected chi connectivity index (χ1v) is 5.46. The zero-order valence-electron chi connectivity index (χ0n) is 9.24. The lowest BCUT2D eigenvalue weighted by Crippen LogP contribution is -2.22. The molecular weight excluding hydrogens is 176 g/mol. The van der Waals surface area contributed by atoms with Gasteiger partial charge in [0.05, 0.1) is 12.7 Å². The second-order valence-electron chi connectivity index (χ2n) is 3.53. The van der Waals surface area contributed by atoms with Crippen molar-refractivity contribution in [3.05, 3.63) is 17.9 Å². The molecule has 2 nitrogen and oxygen atoms in total. The number of aliphatic hydroxyl groups is 2. The molecule has 0 bridgehead atoms. The van der Waals surface area contributed by atoms with Gasteiger partial charge in [-0.1, -0.05) is 26.7 Å². The molecule has 0 saturated heterocycles. The van der Waals surface area contributed by atoms with Crippen LogP contribution in [0.5, 0.6) is 0 Å². The second-order valence-corrected chi connectivity index (χ2v) is 3.53. The van der Waals surface area contributed by atoms with Crippen molar-refractivity contribution in [3.63, 3.8) is 0 Å². The van der Waals surface area contributed by atoms with Crippen LogP contribution in [0.15, 0.2) is 17.9 Å². The van der Waals surface area contributed by atoms with Gasteiger partial charge in [-0.2, -0.15) is 0 Å². The maximum atomic E-state index is 9.47. The Hall–Kier alpha value is -0.560. The average Bonchev–Trinajstić information content (AvgIpc) is 2.21. The second kappa shape index (κ2) is 9.01. The van der Waals surface area contributed by atoms with E-state index in [1.165, 1.54) is 0 Å². The summed E-state index contributed by atoms with van der Waals surface area (Å²) in [5, 5.41) is 18.3. The van der Waals surface area contributed by atoms with E-state index in [-0.39, 0.29) is 12.5 Å². The highest BCUT2D eigenvalue weighted by Gasteiger charge is 2.13. The maximum Gasteiger partial charge on any atom is 0.0839 e. The maximum absolute atomic E-state index is 9.47. The normalized spacial score (nSPS) is 14.3. The van der Waals surface area contributed by atoms with Crippen LogP contribution in [0.1, 0.15) is 39.5 Å². The minimum absolute atomic E-state index is 0.0399. The number of unbranched alkanes of at least 4 members (excludes halogenated alkanes) is 1. The highest BCUT2D eigenvalue weighted by atomic mass is 16.3. The van der Waals surface area contributed by atoms with E-state index >= 15 is 0 Å². The molecule has 0 aliphatic heterocycles. The lowest BCUT2D eigenvalue weighted by atomic mass is 9.97. The highest BCUT2D eigenvalue weighted by Crippen LogP contribution is 2.12. The number of hydrogen-bond acceptors (Lipinski definition) is 2. The highest BCUT2D eigenvalue weighted by molar-refractivity contribution is 4.92. The summed E-state index contributed by atoms with van der Waals surface area (Å²) in [6, 6.07) is 0. The Balaban J connectivity index is 4.13. The fraction of sp³-hybridized carbons (Fsp3) is 0.750. The molecule has 2 atom stereocenters. The van der Waals surface area contributed by atoms with Crippen LogP contribution in [-0.2, 0) is 0 Å². The summed E-state index contributed by atoms with van der Waals surface area (Å²) in [6.07, 6.45) is 7.25. The van der Waals surface area contributed by atoms with E-state index in [1.807, 2.05) is 12.2 Å². The molecule has 0 aromatic rings. The van der Waals surface area contributed by atoms with Gasteiger partial charge in [0.1, 0.15) is 0 Å². The SMILES string of the molecule is CCCC=C=C[C@H](CCC)[C@@H](O)CO. The van der Waals surface area contributed by atoms with Crippen LogP contribution in [0.3, 0.4) is 0 Å². The topological polar surface area (TPSA) is 40.5 Å². The zero-order chi connectivity index (χ0) is 10.8. The predicted molar refractivity (Wildman–Crippen MR) is 59.1 cm³/mol. The van der Waals surface area contributed by atoms with Crippen LogP contribution in [0, 0.1) is 5.92 Å². The lowest BCUT2D eigenvalue weighted by Gasteiger charge is -2.15. The molecule has 0 radical (unpaired) electrons. The van der Waals surface area contributed by atoms with Crippen LogP contribution < -0.4 is 0 Å². The molecule has 0 aromatic carbocycles. The molecule has 0 aliphatic rings. The Bertz CT molecular complexity index is 181. The van der Waals surface area contributed by atoms with Gasteiger partial charge in [0, 0.05) is 5.92 Å². The zero-order valence-corrected chi connectivity index (χ0v) is 9.24. The molecule has 14 heavy (non-hydrogen) atoms. The quantitative estimate of drug-likeness (QED) is 0.616. The number of aliphatic hydroxyl groups excluding tert-OH is 2. The van der Waals surface area contributed by atoms with Gasteiger partial charge in [-0.15, -0.1) is 5.73 Å². The smallest absolute Gasteiger partial charge is 0.0839 e. The van der Waals surface area contributed by atoms with Gasteiger partial charge in [-0.3, -0.25) is 0 Å². The minimum atomic E-state index is -0.641. The Morgan fingerprint density at radius 2 is 2.00 bits per heavy atom. The molecule has 82 valence electrons. The van der Waals surface area contributed by atoms with Gasteiger partial charge >= 0.3 is 0 Å². The molecular formula is C12H22O2. The molecule has 0 aliphatic carbocycles. The fourth-order valence-electron chi connectivity index (χ4n) is 1.27. The van der Waals surface area contributed by atoms with Crippen molar-refractivity contribution in [1.29, 1.82) is 0 Å². The van der Waals surface area contributed by atoms with E-state index in [4.69, 9.17) is 5.11 Å². The van der Waals surface area contributed by atoms with E-state index in [9.17, 15) is 5.11 Å². The molecule has 0 fully saturated rings. The number of hydrogen-bond donors (Lipinski definition) is 2. The van der Waals surface area contributed by atoms with Crippen LogP contribution in [0.2, 0.25) is 0 Å². The Morgan fingerprint density at radius 1 is 1.29 bits per heavy atom. The molecule has 0 spiro atoms. The molecule has 0 aromatic heterocycles. The monoisotopic (exact) mass is 198 g/mol. The number of rotatable bonds is 7. The van der Waals surface area contributed by atoms with Crippen molar-refractivity contribution in [2.24, 2.45) is 5.92 Å². The van der Waals surface area contributed by atoms with E-state index in [0.29, 0.717) is 0 Å². The van der Waals surface area contributed by atoms with Gasteiger partial charge in [-0.25, -0.2) is 0 Å². The summed E-state index contributed by atoms with van der Waals surface area (Å²) in [5.74, 6) is 0.0399. The predicted octanol–water partition coefficient (Wildman–Crippen LogP) is 2.27. The van der Waals surface area contributed by atoms with E-state index < -0.39 is 6.10 Å². The van der Waals surface area contributed by atoms with E-state index in [1.54, 1.807) is 0 Å². The Morgan fingerprint density at radius 3 is 2.50 bits per heavy atom. The van der Waals surface area contributed by atoms with Crippen LogP contribution >= 0.6 is 0 Å². The van der Waals surface area contributed by atoms with E-state index in [0.717, 1.165) is 25.7 Å². The van der Waals surface area contributed by atoms with Crippen LogP contribution in [-0.4, -0.2) is 22.9 Å². The van der Waals surface area contributed by atoms with Crippen molar-refractivity contribution in [2.45, 2.75) is 45.6 Å². The average molecular weight is 198 g/mol. The minimum Gasteiger partial charge on any atom is -0.394 e. The Kier molecular flexibility index (Phi) is 8.65. The third kappa shape index (κ3) is 5.98. The molecule has 0 unspecified atom stereocenters.